The van der Waals surface area contributed by atoms with Crippen LogP contribution in [0.4, 0.5) is 14.6 Å². The first-order valence-corrected chi connectivity index (χ1v) is 9.17. The molecule has 0 spiro atoms. The van der Waals surface area contributed by atoms with Crippen LogP contribution in [-0.2, 0) is 19.4 Å². The van der Waals surface area contributed by atoms with Crippen molar-refractivity contribution in [2.24, 2.45) is 0 Å². The molecule has 0 aliphatic carbocycles. The van der Waals surface area contributed by atoms with Crippen LogP contribution >= 0.6 is 11.8 Å². The first-order valence-electron chi connectivity index (χ1n) is 8.01. The minimum Gasteiger partial charge on any atom is -0.351 e. The molecule has 1 saturated heterocycles. The minimum absolute atomic E-state index is 0.249. The topological polar surface area (TPSA) is 38.1 Å². The third kappa shape index (κ3) is 2.70. The normalized spacial score (nSPS) is 19.2. The summed E-state index contributed by atoms with van der Waals surface area (Å²) in [6.45, 7) is 1.61. The number of rotatable bonds is 3. The van der Waals surface area contributed by atoms with Crippen LogP contribution in [0.2, 0.25) is 0 Å². The van der Waals surface area contributed by atoms with Crippen LogP contribution in [0.1, 0.15) is 11.3 Å². The molecule has 4 nitrogen and oxygen atoms in total. The van der Waals surface area contributed by atoms with Crippen LogP contribution < -0.4 is 10.6 Å². The molecule has 3 heterocycles. The monoisotopic (exact) mass is 349 g/mol. The third-order valence-corrected chi connectivity index (χ3v) is 5.73. The summed E-state index contributed by atoms with van der Waals surface area (Å²) in [4.78, 5) is 18.7. The second-order valence-corrected chi connectivity index (χ2v) is 7.28. The highest BCUT2D eigenvalue weighted by atomic mass is 32.2. The third-order valence-electron chi connectivity index (χ3n) is 4.64. The first-order chi connectivity index (χ1) is 11.6. The van der Waals surface area contributed by atoms with Crippen LogP contribution in [0.5, 0.6) is 0 Å². The number of hydrogen-bond donors (Lipinski definition) is 0. The molecule has 24 heavy (non-hydrogen) atoms. The summed E-state index contributed by atoms with van der Waals surface area (Å²) >= 11 is 1.91. The molecule has 2 aromatic rings. The molecule has 0 saturated carbocycles. The van der Waals surface area contributed by atoms with Gasteiger partial charge in [0, 0.05) is 24.1 Å². The van der Waals surface area contributed by atoms with Gasteiger partial charge in [-0.3, -0.25) is 4.57 Å². The van der Waals surface area contributed by atoms with Crippen molar-refractivity contribution in [3.05, 3.63) is 57.6 Å². The molecule has 126 valence electrons. The lowest BCUT2D eigenvalue weighted by Crippen LogP contribution is -2.39. The van der Waals surface area contributed by atoms with Gasteiger partial charge in [0.25, 0.3) is 0 Å². The van der Waals surface area contributed by atoms with Gasteiger partial charge in [-0.25, -0.2) is 13.6 Å². The van der Waals surface area contributed by atoms with Gasteiger partial charge in [0.05, 0.1) is 18.3 Å². The number of anilines is 1. The van der Waals surface area contributed by atoms with Gasteiger partial charge in [-0.1, -0.05) is 12.1 Å². The van der Waals surface area contributed by atoms with Gasteiger partial charge in [-0.15, -0.1) is 0 Å². The summed E-state index contributed by atoms with van der Waals surface area (Å²) in [5.41, 5.74) is 0.694. The lowest BCUT2D eigenvalue weighted by molar-refractivity contribution is 0.498. The Labute approximate surface area is 142 Å². The van der Waals surface area contributed by atoms with Crippen molar-refractivity contribution in [2.75, 3.05) is 23.0 Å². The lowest BCUT2D eigenvalue weighted by atomic mass is 10.1. The van der Waals surface area contributed by atoms with Crippen molar-refractivity contribution in [1.82, 2.24) is 9.55 Å². The Kier molecular flexibility index (Phi) is 4.04. The van der Waals surface area contributed by atoms with Gasteiger partial charge in [0.2, 0.25) is 0 Å². The Morgan fingerprint density at radius 2 is 2.17 bits per heavy atom. The SMILES string of the molecule is O=c1nc(CCc2cccc(F)c2F)cc2n1CC1CSCCN21. The number of aromatic nitrogens is 2. The zero-order valence-electron chi connectivity index (χ0n) is 13.0. The Hall–Kier alpha value is -1.89. The molecule has 2 aliphatic rings. The molecule has 0 radical (unpaired) electrons. The predicted molar refractivity (Wildman–Crippen MR) is 90.7 cm³/mol. The first kappa shape index (κ1) is 15.6. The van der Waals surface area contributed by atoms with Gasteiger partial charge < -0.3 is 4.90 Å². The van der Waals surface area contributed by atoms with Crippen molar-refractivity contribution in [3.8, 4) is 0 Å². The van der Waals surface area contributed by atoms with E-state index in [4.69, 9.17) is 0 Å². The average Bonchev–Trinajstić information content (AvgIpc) is 2.96. The number of benzene rings is 1. The second-order valence-electron chi connectivity index (χ2n) is 6.13. The van der Waals surface area contributed by atoms with Crippen LogP contribution in [0.25, 0.3) is 0 Å². The van der Waals surface area contributed by atoms with Gasteiger partial charge in [-0.2, -0.15) is 16.7 Å². The van der Waals surface area contributed by atoms with Crippen molar-refractivity contribution in [2.45, 2.75) is 25.4 Å². The molecule has 4 rings (SSSR count). The molecule has 0 N–H and O–H groups in total. The van der Waals surface area contributed by atoms with Gasteiger partial charge in [-0.05, 0) is 24.5 Å². The van der Waals surface area contributed by atoms with Crippen LogP contribution in [-0.4, -0.2) is 33.6 Å². The predicted octanol–water partition coefficient (Wildman–Crippen LogP) is 2.24. The number of fused-ring (bicyclic) bond motifs is 3. The largest absolute Gasteiger partial charge is 0.351 e. The molecule has 0 amide bonds. The molecular weight excluding hydrogens is 332 g/mol. The fourth-order valence-electron chi connectivity index (χ4n) is 3.40. The molecule has 1 atom stereocenters. The summed E-state index contributed by atoms with van der Waals surface area (Å²) in [6, 6.07) is 6.45. The Morgan fingerprint density at radius 1 is 1.29 bits per heavy atom. The molecule has 1 aromatic carbocycles. The van der Waals surface area contributed by atoms with Crippen molar-refractivity contribution in [1.29, 1.82) is 0 Å². The van der Waals surface area contributed by atoms with Crippen molar-refractivity contribution < 1.29 is 8.78 Å². The minimum atomic E-state index is -0.844. The highest BCUT2D eigenvalue weighted by Crippen LogP contribution is 2.30. The highest BCUT2D eigenvalue weighted by Gasteiger charge is 2.32. The maximum Gasteiger partial charge on any atom is 0.349 e. The Bertz CT molecular complexity index is 839. The standard InChI is InChI=1S/C17H17F2N3OS/c18-14-3-1-2-11(16(14)19)4-5-12-8-15-21-6-7-24-10-13(21)9-22(15)17(23)20-12/h1-3,8,13H,4-7,9-10H2. The van der Waals surface area contributed by atoms with E-state index in [1.807, 2.05) is 17.8 Å². The Balaban J connectivity index is 1.58. The average molecular weight is 349 g/mol. The lowest BCUT2D eigenvalue weighted by Gasteiger charge is -2.30. The van der Waals surface area contributed by atoms with Crippen molar-refractivity contribution >= 4 is 17.6 Å². The van der Waals surface area contributed by atoms with Crippen LogP contribution in [0, 0.1) is 11.6 Å². The summed E-state index contributed by atoms with van der Waals surface area (Å²) in [5, 5.41) is 0. The summed E-state index contributed by atoms with van der Waals surface area (Å²) in [6.07, 6.45) is 0.732. The fourth-order valence-corrected chi connectivity index (χ4v) is 4.45. The van der Waals surface area contributed by atoms with E-state index in [1.54, 1.807) is 10.6 Å². The van der Waals surface area contributed by atoms with E-state index in [-0.39, 0.29) is 5.69 Å². The fraction of sp³-hybridized carbons (Fsp3) is 0.412. The van der Waals surface area contributed by atoms with E-state index >= 15 is 0 Å². The van der Waals surface area contributed by atoms with E-state index in [1.165, 1.54) is 6.07 Å². The quantitative estimate of drug-likeness (QED) is 0.852. The number of nitrogens with zero attached hydrogens (tertiary/aromatic N) is 3. The van der Waals surface area contributed by atoms with Crippen LogP contribution in [0.15, 0.2) is 29.1 Å². The molecule has 1 aromatic heterocycles. The zero-order chi connectivity index (χ0) is 16.7. The summed E-state index contributed by atoms with van der Waals surface area (Å²) < 4.78 is 28.8. The molecule has 1 fully saturated rings. The molecule has 2 aliphatic heterocycles. The number of hydrogen-bond acceptors (Lipinski definition) is 4. The maximum absolute atomic E-state index is 13.8. The van der Waals surface area contributed by atoms with E-state index < -0.39 is 11.6 Å². The molecule has 7 heteroatoms. The number of halogens is 2. The number of aryl methyl sites for hydroxylation is 2. The van der Waals surface area contributed by atoms with E-state index in [9.17, 15) is 13.6 Å². The maximum atomic E-state index is 13.8. The van der Waals surface area contributed by atoms with Crippen LogP contribution in [0.3, 0.4) is 0 Å². The highest BCUT2D eigenvalue weighted by molar-refractivity contribution is 7.99. The molecule has 0 bridgehead atoms. The molecule has 1 unspecified atom stereocenters. The summed E-state index contributed by atoms with van der Waals surface area (Å²) in [7, 11) is 0. The van der Waals surface area contributed by atoms with E-state index in [0.29, 0.717) is 36.7 Å². The van der Waals surface area contributed by atoms with Gasteiger partial charge in [0.15, 0.2) is 11.6 Å². The van der Waals surface area contributed by atoms with Gasteiger partial charge >= 0.3 is 5.69 Å². The van der Waals surface area contributed by atoms with E-state index in [0.717, 1.165) is 29.9 Å². The Morgan fingerprint density at radius 3 is 3.04 bits per heavy atom. The second kappa shape index (κ2) is 6.20. The smallest absolute Gasteiger partial charge is 0.349 e. The number of thioether (sulfide) groups is 1. The van der Waals surface area contributed by atoms with Gasteiger partial charge in [0.1, 0.15) is 5.82 Å². The summed E-state index contributed by atoms with van der Waals surface area (Å²) in [5.74, 6) is 1.32. The van der Waals surface area contributed by atoms with E-state index in [2.05, 4.69) is 9.88 Å². The molecular formula is C17H17F2N3OS. The zero-order valence-corrected chi connectivity index (χ0v) is 13.9. The van der Waals surface area contributed by atoms with Crippen molar-refractivity contribution in [3.63, 3.8) is 0 Å².